The number of rotatable bonds is 0. The molecule has 0 saturated heterocycles. The first-order valence-electron chi connectivity index (χ1n) is 4.80. The van der Waals surface area contributed by atoms with Crippen molar-refractivity contribution in [1.29, 1.82) is 0 Å². The Hall–Kier alpha value is -0.990. The number of hydrogen-bond donors (Lipinski definition) is 1. The van der Waals surface area contributed by atoms with E-state index in [1.54, 1.807) is 0 Å². The van der Waals surface area contributed by atoms with E-state index in [1.165, 1.54) is 11.1 Å². The first kappa shape index (κ1) is 8.33. The molecule has 72 valence electrons. The highest BCUT2D eigenvalue weighted by Crippen LogP contribution is 2.31. The molecule has 2 N–H and O–H groups in total. The molecule has 0 saturated carbocycles. The fourth-order valence-electron chi connectivity index (χ4n) is 2.26. The minimum absolute atomic E-state index is 0.126. The highest BCUT2D eigenvalue weighted by molar-refractivity contribution is 6.31. The molecule has 14 heavy (non-hydrogen) atoms. The average Bonchev–Trinajstić information content (AvgIpc) is 2.67. The quantitative estimate of drug-likeness (QED) is 0.706. The number of halogens is 1. The van der Waals surface area contributed by atoms with Gasteiger partial charge in [0.2, 0.25) is 0 Å². The van der Waals surface area contributed by atoms with Crippen LogP contribution in [0.25, 0.3) is 10.9 Å². The zero-order valence-corrected chi connectivity index (χ0v) is 8.46. The van der Waals surface area contributed by atoms with Gasteiger partial charge in [-0.2, -0.15) is 0 Å². The lowest BCUT2D eigenvalue weighted by molar-refractivity contribution is 0.567. The molecule has 1 aliphatic rings. The summed E-state index contributed by atoms with van der Waals surface area (Å²) in [6.07, 6.45) is 2.24. The van der Waals surface area contributed by atoms with Crippen LogP contribution in [0.15, 0.2) is 24.3 Å². The molecule has 0 amide bonds. The Kier molecular flexibility index (Phi) is 1.64. The molecule has 1 unspecified atom stereocenters. The van der Waals surface area contributed by atoms with E-state index in [2.05, 4.69) is 16.7 Å². The van der Waals surface area contributed by atoms with Gasteiger partial charge in [0, 0.05) is 16.1 Å². The van der Waals surface area contributed by atoms with Crippen LogP contribution >= 0.6 is 11.6 Å². The first-order valence-corrected chi connectivity index (χ1v) is 5.18. The van der Waals surface area contributed by atoms with Crippen molar-refractivity contribution in [1.82, 2.24) is 4.57 Å². The third-order valence-corrected chi connectivity index (χ3v) is 3.15. The summed E-state index contributed by atoms with van der Waals surface area (Å²) in [5.41, 5.74) is 8.52. The molecule has 1 aromatic carbocycles. The van der Waals surface area contributed by atoms with Gasteiger partial charge in [0.05, 0.1) is 11.7 Å². The number of nitrogens with two attached hydrogens (primary N) is 1. The lowest BCUT2D eigenvalue weighted by atomic mass is 10.2. The number of hydrogen-bond acceptors (Lipinski definition) is 1. The molecular formula is C11H11ClN2. The van der Waals surface area contributed by atoms with E-state index in [-0.39, 0.29) is 6.17 Å². The van der Waals surface area contributed by atoms with E-state index in [0.29, 0.717) is 0 Å². The van der Waals surface area contributed by atoms with Gasteiger partial charge in [-0.05, 0) is 31.0 Å². The van der Waals surface area contributed by atoms with Crippen LogP contribution in [0.1, 0.15) is 18.3 Å². The van der Waals surface area contributed by atoms with Crippen LogP contribution in [0.5, 0.6) is 0 Å². The van der Waals surface area contributed by atoms with E-state index >= 15 is 0 Å². The van der Waals surface area contributed by atoms with Crippen LogP contribution in [0.2, 0.25) is 5.02 Å². The third kappa shape index (κ3) is 1.01. The third-order valence-electron chi connectivity index (χ3n) is 2.91. The minimum Gasteiger partial charge on any atom is -0.329 e. The van der Waals surface area contributed by atoms with Crippen molar-refractivity contribution in [3.8, 4) is 0 Å². The summed E-state index contributed by atoms with van der Waals surface area (Å²) in [4.78, 5) is 0. The molecule has 2 nitrogen and oxygen atoms in total. The Bertz CT molecular complexity index is 501. The van der Waals surface area contributed by atoms with Gasteiger partial charge in [0.25, 0.3) is 0 Å². The molecule has 0 radical (unpaired) electrons. The Morgan fingerprint density at radius 2 is 2.21 bits per heavy atom. The van der Waals surface area contributed by atoms with Crippen molar-refractivity contribution in [3.63, 3.8) is 0 Å². The number of aromatic nitrogens is 1. The molecule has 1 aliphatic heterocycles. The fourth-order valence-corrected chi connectivity index (χ4v) is 2.43. The largest absolute Gasteiger partial charge is 0.329 e. The SMILES string of the molecule is NC1CCc2cc3ccc(Cl)cc3n21. The fraction of sp³-hybridized carbons (Fsp3) is 0.273. The van der Waals surface area contributed by atoms with Crippen LogP contribution in [0.4, 0.5) is 0 Å². The van der Waals surface area contributed by atoms with Crippen molar-refractivity contribution >= 4 is 22.5 Å². The predicted molar refractivity (Wildman–Crippen MR) is 58.5 cm³/mol. The van der Waals surface area contributed by atoms with Crippen LogP contribution in [0.3, 0.4) is 0 Å². The molecule has 1 aromatic heterocycles. The van der Waals surface area contributed by atoms with Crippen LogP contribution in [-0.4, -0.2) is 4.57 Å². The molecule has 2 heterocycles. The van der Waals surface area contributed by atoms with Gasteiger partial charge in [0.15, 0.2) is 0 Å². The molecule has 3 rings (SSSR count). The maximum atomic E-state index is 6.03. The Morgan fingerprint density at radius 1 is 1.36 bits per heavy atom. The lowest BCUT2D eigenvalue weighted by Gasteiger charge is -2.08. The van der Waals surface area contributed by atoms with Crippen molar-refractivity contribution in [2.45, 2.75) is 19.0 Å². The summed E-state index contributed by atoms with van der Waals surface area (Å²) < 4.78 is 2.20. The van der Waals surface area contributed by atoms with Gasteiger partial charge >= 0.3 is 0 Å². The number of nitrogens with zero attached hydrogens (tertiary/aromatic N) is 1. The molecule has 3 heteroatoms. The van der Waals surface area contributed by atoms with Crippen molar-refractivity contribution in [2.75, 3.05) is 0 Å². The molecular weight excluding hydrogens is 196 g/mol. The normalized spacial score (nSPS) is 20.3. The predicted octanol–water partition coefficient (Wildman–Crippen LogP) is 2.70. The highest BCUT2D eigenvalue weighted by Gasteiger charge is 2.20. The molecule has 2 aromatic rings. The standard InChI is InChI=1S/C11H11ClN2/c12-8-2-1-7-5-9-3-4-11(13)14(9)10(7)6-8/h1-2,5-6,11H,3-4,13H2. The maximum Gasteiger partial charge on any atom is 0.0821 e. The second-order valence-electron chi connectivity index (χ2n) is 3.81. The Morgan fingerprint density at radius 3 is 3.07 bits per heavy atom. The highest BCUT2D eigenvalue weighted by atomic mass is 35.5. The number of fused-ring (bicyclic) bond motifs is 3. The van der Waals surface area contributed by atoms with Crippen LogP contribution in [-0.2, 0) is 6.42 Å². The summed E-state index contributed by atoms with van der Waals surface area (Å²) >= 11 is 5.97. The second kappa shape index (κ2) is 2.75. The minimum atomic E-state index is 0.126. The van der Waals surface area contributed by atoms with Gasteiger partial charge in [-0.3, -0.25) is 0 Å². The Balaban J connectivity index is 2.38. The zero-order valence-electron chi connectivity index (χ0n) is 7.70. The molecule has 0 bridgehead atoms. The van der Waals surface area contributed by atoms with Crippen molar-refractivity contribution < 1.29 is 0 Å². The summed E-state index contributed by atoms with van der Waals surface area (Å²) in [6, 6.07) is 8.17. The van der Waals surface area contributed by atoms with Crippen molar-refractivity contribution in [2.24, 2.45) is 5.73 Å². The Labute approximate surface area is 87.3 Å². The smallest absolute Gasteiger partial charge is 0.0821 e. The molecule has 0 aliphatic carbocycles. The van der Waals surface area contributed by atoms with E-state index in [0.717, 1.165) is 23.4 Å². The summed E-state index contributed by atoms with van der Waals surface area (Å²) in [5, 5.41) is 2.01. The summed E-state index contributed by atoms with van der Waals surface area (Å²) in [7, 11) is 0. The van der Waals surface area contributed by atoms with Gasteiger partial charge in [-0.15, -0.1) is 0 Å². The van der Waals surface area contributed by atoms with Gasteiger partial charge < -0.3 is 10.3 Å². The molecule has 1 atom stereocenters. The average molecular weight is 207 g/mol. The van der Waals surface area contributed by atoms with Crippen molar-refractivity contribution in [3.05, 3.63) is 35.0 Å². The van der Waals surface area contributed by atoms with Crippen LogP contribution in [0, 0.1) is 0 Å². The second-order valence-corrected chi connectivity index (χ2v) is 4.25. The first-order chi connectivity index (χ1) is 6.75. The van der Waals surface area contributed by atoms with E-state index in [4.69, 9.17) is 17.3 Å². The van der Waals surface area contributed by atoms with Crippen LogP contribution < -0.4 is 5.73 Å². The summed E-state index contributed by atoms with van der Waals surface area (Å²) in [5.74, 6) is 0. The number of aryl methyl sites for hydroxylation is 1. The molecule has 0 fully saturated rings. The monoisotopic (exact) mass is 206 g/mol. The van der Waals surface area contributed by atoms with Gasteiger partial charge in [0.1, 0.15) is 0 Å². The topological polar surface area (TPSA) is 30.9 Å². The molecule has 0 spiro atoms. The maximum absolute atomic E-state index is 6.03. The lowest BCUT2D eigenvalue weighted by Crippen LogP contribution is -2.13. The zero-order chi connectivity index (χ0) is 9.71. The summed E-state index contributed by atoms with van der Waals surface area (Å²) in [6.45, 7) is 0. The van der Waals surface area contributed by atoms with Gasteiger partial charge in [-0.1, -0.05) is 17.7 Å². The number of benzene rings is 1. The van der Waals surface area contributed by atoms with E-state index < -0.39 is 0 Å². The van der Waals surface area contributed by atoms with Gasteiger partial charge in [-0.25, -0.2) is 0 Å². The van der Waals surface area contributed by atoms with E-state index in [1.807, 2.05) is 12.1 Å². The van der Waals surface area contributed by atoms with E-state index in [9.17, 15) is 0 Å².